The Morgan fingerprint density at radius 3 is 2.23 bits per heavy atom. The van der Waals surface area contributed by atoms with Crippen molar-refractivity contribution in [1.82, 2.24) is 14.5 Å². The van der Waals surface area contributed by atoms with E-state index in [0.29, 0.717) is 6.07 Å². The second-order valence-corrected chi connectivity index (χ2v) is 8.85. The maximum absolute atomic E-state index is 14.0. The van der Waals surface area contributed by atoms with Crippen molar-refractivity contribution < 1.29 is 39.2 Å². The summed E-state index contributed by atoms with van der Waals surface area (Å²) in [5, 5.41) is 0. The number of halogens is 7. The molecule has 0 bridgehead atoms. The van der Waals surface area contributed by atoms with E-state index in [0.717, 1.165) is 0 Å². The van der Waals surface area contributed by atoms with Crippen LogP contribution in [0.25, 0.3) is 22.6 Å². The molecule has 0 spiro atoms. The van der Waals surface area contributed by atoms with E-state index in [2.05, 4.69) is 9.97 Å². The minimum atomic E-state index is -6.49. The SMILES string of the molecule is CCS(=O)(=O)c1ccccc1-c1nc2cc(C(F)(F)C(F)(F)C(F)(F)F)cnc2n1C. The number of fused-ring (bicyclic) bond motifs is 1. The van der Waals surface area contributed by atoms with E-state index < -0.39 is 38.9 Å². The van der Waals surface area contributed by atoms with Gasteiger partial charge in [-0.15, -0.1) is 0 Å². The van der Waals surface area contributed by atoms with Crippen molar-refractivity contribution >= 4 is 21.0 Å². The zero-order valence-corrected chi connectivity index (χ0v) is 16.7. The number of rotatable bonds is 5. The summed E-state index contributed by atoms with van der Waals surface area (Å²) in [6, 6.07) is 6.05. The molecule has 0 N–H and O–H groups in total. The average Bonchev–Trinajstić information content (AvgIpc) is 3.03. The van der Waals surface area contributed by atoms with Gasteiger partial charge >= 0.3 is 18.0 Å². The van der Waals surface area contributed by atoms with Crippen LogP contribution in [0.3, 0.4) is 0 Å². The first kappa shape index (κ1) is 23.0. The molecule has 0 unspecified atom stereocenters. The van der Waals surface area contributed by atoms with Crippen molar-refractivity contribution in [3.63, 3.8) is 0 Å². The number of nitrogens with zero attached hydrogens (tertiary/aromatic N) is 3. The lowest BCUT2D eigenvalue weighted by Crippen LogP contribution is -2.50. The zero-order valence-electron chi connectivity index (χ0n) is 15.9. The van der Waals surface area contributed by atoms with Gasteiger partial charge in [-0.05, 0) is 18.2 Å². The second kappa shape index (κ2) is 7.18. The van der Waals surface area contributed by atoms with Crippen molar-refractivity contribution in [2.75, 3.05) is 5.75 Å². The lowest BCUT2D eigenvalue weighted by molar-refractivity contribution is -0.359. The van der Waals surface area contributed by atoms with E-state index >= 15 is 0 Å². The molecular weight excluding hydrogens is 455 g/mol. The predicted molar refractivity (Wildman–Crippen MR) is 96.6 cm³/mol. The summed E-state index contributed by atoms with van der Waals surface area (Å²) >= 11 is 0. The van der Waals surface area contributed by atoms with Crippen LogP contribution < -0.4 is 0 Å². The van der Waals surface area contributed by atoms with Gasteiger partial charge in [0.1, 0.15) is 11.3 Å². The van der Waals surface area contributed by atoms with Gasteiger partial charge in [-0.3, -0.25) is 0 Å². The Morgan fingerprint density at radius 2 is 1.65 bits per heavy atom. The topological polar surface area (TPSA) is 64.8 Å². The average molecular weight is 469 g/mol. The Labute approximate surface area is 171 Å². The number of hydrogen-bond acceptors (Lipinski definition) is 4. The van der Waals surface area contributed by atoms with Crippen LogP contribution >= 0.6 is 0 Å². The van der Waals surface area contributed by atoms with E-state index in [9.17, 15) is 39.2 Å². The molecule has 2 heterocycles. The molecule has 0 amide bonds. The smallest absolute Gasteiger partial charge is 0.312 e. The number of benzene rings is 1. The minimum absolute atomic E-state index is 0.0434. The molecule has 0 aliphatic carbocycles. The van der Waals surface area contributed by atoms with Crippen molar-refractivity contribution in [3.8, 4) is 11.4 Å². The molecule has 13 heteroatoms. The number of sulfone groups is 1. The minimum Gasteiger partial charge on any atom is -0.312 e. The van der Waals surface area contributed by atoms with Crippen LogP contribution in [0.5, 0.6) is 0 Å². The molecule has 5 nitrogen and oxygen atoms in total. The van der Waals surface area contributed by atoms with Crippen LogP contribution in [-0.4, -0.2) is 40.8 Å². The van der Waals surface area contributed by atoms with Crippen LogP contribution in [0.2, 0.25) is 0 Å². The molecule has 168 valence electrons. The van der Waals surface area contributed by atoms with Crippen LogP contribution in [0.1, 0.15) is 12.5 Å². The molecule has 0 fully saturated rings. The molecule has 0 radical (unpaired) electrons. The standard InChI is InChI=1S/C18H14F7N3O2S/c1-3-31(29,30)13-7-5-4-6-11(13)14-27-12-8-10(9-26-15(12)28(14)2)16(19,20)17(21,22)18(23,24)25/h4-9H,3H2,1-2H3. The maximum atomic E-state index is 14.0. The van der Waals surface area contributed by atoms with Gasteiger partial charge in [0.25, 0.3) is 0 Å². The van der Waals surface area contributed by atoms with Crippen LogP contribution in [0.15, 0.2) is 41.4 Å². The summed E-state index contributed by atoms with van der Waals surface area (Å²) in [5.41, 5.74) is -2.11. The van der Waals surface area contributed by atoms with Gasteiger partial charge in [-0.2, -0.15) is 30.7 Å². The highest BCUT2D eigenvalue weighted by molar-refractivity contribution is 7.91. The van der Waals surface area contributed by atoms with Crippen LogP contribution in [0.4, 0.5) is 30.7 Å². The molecule has 3 rings (SSSR count). The number of aromatic nitrogens is 3. The van der Waals surface area contributed by atoms with Crippen LogP contribution in [0, 0.1) is 0 Å². The Kier molecular flexibility index (Phi) is 5.32. The Balaban J connectivity index is 2.21. The molecule has 0 aliphatic rings. The number of hydrogen-bond donors (Lipinski definition) is 0. The first-order chi connectivity index (χ1) is 14.1. The van der Waals surface area contributed by atoms with Crippen molar-refractivity contribution in [1.29, 1.82) is 0 Å². The Bertz CT molecular complexity index is 1250. The second-order valence-electron chi connectivity index (χ2n) is 6.61. The van der Waals surface area contributed by atoms with Gasteiger partial charge in [-0.25, -0.2) is 18.4 Å². The first-order valence-electron chi connectivity index (χ1n) is 8.62. The molecule has 0 saturated heterocycles. The summed E-state index contributed by atoms with van der Waals surface area (Å²) in [6.45, 7) is 1.41. The zero-order chi connectivity index (χ0) is 23.4. The van der Waals surface area contributed by atoms with Crippen LogP contribution in [-0.2, 0) is 22.8 Å². The lowest BCUT2D eigenvalue weighted by Gasteiger charge is -2.28. The monoisotopic (exact) mass is 469 g/mol. The molecule has 0 saturated carbocycles. The fraction of sp³-hybridized carbons (Fsp3) is 0.333. The quantitative estimate of drug-likeness (QED) is 0.508. The summed E-state index contributed by atoms with van der Waals surface area (Å²) in [6.07, 6.45) is -6.28. The molecule has 0 aliphatic heterocycles. The third-order valence-corrected chi connectivity index (χ3v) is 6.45. The third-order valence-electron chi connectivity index (χ3n) is 4.66. The fourth-order valence-corrected chi connectivity index (χ4v) is 4.02. The number of imidazole rings is 1. The molecule has 1 aromatic carbocycles. The predicted octanol–water partition coefficient (Wildman–Crippen LogP) is 4.72. The van der Waals surface area contributed by atoms with Crippen molar-refractivity contribution in [2.24, 2.45) is 7.05 Å². The van der Waals surface area contributed by atoms with E-state index in [1.54, 1.807) is 0 Å². The summed E-state index contributed by atoms with van der Waals surface area (Å²) in [5.74, 6) is -12.2. The van der Waals surface area contributed by atoms with Gasteiger partial charge in [0.15, 0.2) is 15.5 Å². The molecule has 31 heavy (non-hydrogen) atoms. The first-order valence-corrected chi connectivity index (χ1v) is 10.3. The lowest BCUT2D eigenvalue weighted by atomic mass is 10.0. The third kappa shape index (κ3) is 3.54. The summed E-state index contributed by atoms with van der Waals surface area (Å²) in [7, 11) is -2.35. The molecule has 2 aromatic heterocycles. The van der Waals surface area contributed by atoms with Gasteiger partial charge in [0.2, 0.25) is 0 Å². The Morgan fingerprint density at radius 1 is 1.03 bits per heavy atom. The normalized spacial score (nSPS) is 13.7. The van der Waals surface area contributed by atoms with Crippen molar-refractivity contribution in [3.05, 3.63) is 42.1 Å². The van der Waals surface area contributed by atoms with Gasteiger partial charge in [-0.1, -0.05) is 19.1 Å². The summed E-state index contributed by atoms with van der Waals surface area (Å²) < 4.78 is 118. The fourth-order valence-electron chi connectivity index (χ4n) is 2.93. The molecule has 3 aromatic rings. The molecule has 0 atom stereocenters. The van der Waals surface area contributed by atoms with Gasteiger partial charge in [0.05, 0.1) is 10.6 Å². The number of alkyl halides is 7. The summed E-state index contributed by atoms with van der Waals surface area (Å²) in [4.78, 5) is 7.45. The Hall–Kier alpha value is -2.70. The maximum Gasteiger partial charge on any atom is 0.460 e. The van der Waals surface area contributed by atoms with Gasteiger partial charge in [0, 0.05) is 24.4 Å². The van der Waals surface area contributed by atoms with E-state index in [1.807, 2.05) is 0 Å². The van der Waals surface area contributed by atoms with Gasteiger partial charge < -0.3 is 4.57 Å². The van der Waals surface area contributed by atoms with E-state index in [-0.39, 0.29) is 33.9 Å². The van der Waals surface area contributed by atoms with Crippen molar-refractivity contribution in [2.45, 2.75) is 29.8 Å². The van der Waals surface area contributed by atoms with E-state index in [1.165, 1.54) is 42.8 Å². The highest BCUT2D eigenvalue weighted by Gasteiger charge is 2.73. The molecular formula is C18H14F7N3O2S. The highest BCUT2D eigenvalue weighted by atomic mass is 32.2. The highest BCUT2D eigenvalue weighted by Crippen LogP contribution is 2.51. The number of pyridine rings is 1. The van der Waals surface area contributed by atoms with E-state index in [4.69, 9.17) is 0 Å². The largest absolute Gasteiger partial charge is 0.460 e. The number of aryl methyl sites for hydroxylation is 1.